The first-order valence-corrected chi connectivity index (χ1v) is 6.16. The van der Waals surface area contributed by atoms with Gasteiger partial charge in [0.05, 0.1) is 13.5 Å². The van der Waals surface area contributed by atoms with E-state index in [1.165, 1.54) is 7.11 Å². The highest BCUT2D eigenvalue weighted by Gasteiger charge is 2.22. The molecule has 6 heteroatoms. The quantitative estimate of drug-likeness (QED) is 0.718. The Balaban J connectivity index is 2.63. The number of hydrogen-bond acceptors (Lipinski definition) is 4. The molecule has 1 atom stereocenters. The zero-order chi connectivity index (χ0) is 15.0. The molecule has 0 bridgehead atoms. The third kappa shape index (κ3) is 5.51. The Morgan fingerprint density at radius 2 is 1.85 bits per heavy atom. The van der Waals surface area contributed by atoms with Crippen LogP contribution >= 0.6 is 0 Å². The Bertz CT molecular complexity index is 472. The first-order valence-electron chi connectivity index (χ1n) is 6.16. The van der Waals surface area contributed by atoms with Crippen molar-refractivity contribution < 1.29 is 24.2 Å². The maximum Gasteiger partial charge on any atom is 0.328 e. The molecular weight excluding hydrogens is 262 g/mol. The monoisotopic (exact) mass is 279 g/mol. The molecule has 108 valence electrons. The first-order chi connectivity index (χ1) is 9.52. The van der Waals surface area contributed by atoms with Crippen molar-refractivity contribution in [1.82, 2.24) is 5.32 Å². The molecule has 0 radical (unpaired) electrons. The number of carbonyl (C=O) groups is 3. The number of aliphatic carboxylic acids is 1. The summed E-state index contributed by atoms with van der Waals surface area (Å²) in [5.74, 6) is -2.10. The summed E-state index contributed by atoms with van der Waals surface area (Å²) < 4.78 is 4.64. The molecule has 0 spiro atoms. The predicted molar refractivity (Wildman–Crippen MR) is 71.0 cm³/mol. The molecule has 1 unspecified atom stereocenters. The van der Waals surface area contributed by atoms with Crippen molar-refractivity contribution in [3.63, 3.8) is 0 Å². The number of amides is 1. The first kappa shape index (κ1) is 15.7. The Labute approximate surface area is 116 Å². The van der Waals surface area contributed by atoms with Gasteiger partial charge in [-0.2, -0.15) is 0 Å². The van der Waals surface area contributed by atoms with Crippen molar-refractivity contribution in [1.29, 1.82) is 0 Å². The van der Waals surface area contributed by atoms with Crippen LogP contribution in [0, 0.1) is 0 Å². The van der Waals surface area contributed by atoms with Crippen molar-refractivity contribution in [2.24, 2.45) is 0 Å². The molecule has 1 amide bonds. The van der Waals surface area contributed by atoms with E-state index in [1.807, 2.05) is 30.3 Å². The highest BCUT2D eigenvalue weighted by Crippen LogP contribution is 2.05. The zero-order valence-electron chi connectivity index (χ0n) is 11.2. The highest BCUT2D eigenvalue weighted by atomic mass is 16.5. The normalized spacial score (nSPS) is 11.4. The number of carbonyl (C=O) groups excluding carboxylic acids is 2. The summed E-state index contributed by atoms with van der Waals surface area (Å²) in [6, 6.07) is 8.36. The van der Waals surface area contributed by atoms with Crippen LogP contribution in [0.4, 0.5) is 0 Å². The van der Waals surface area contributed by atoms with E-state index in [0.29, 0.717) is 6.42 Å². The van der Waals surface area contributed by atoms with E-state index < -0.39 is 23.9 Å². The number of benzene rings is 1. The molecule has 0 saturated carbocycles. The van der Waals surface area contributed by atoms with Crippen molar-refractivity contribution in [3.05, 3.63) is 35.9 Å². The Morgan fingerprint density at radius 3 is 2.40 bits per heavy atom. The summed E-state index contributed by atoms with van der Waals surface area (Å²) in [4.78, 5) is 33.6. The lowest BCUT2D eigenvalue weighted by molar-refractivity contribution is -0.145. The maximum atomic E-state index is 11.6. The molecular formula is C14H17NO5. The number of carboxylic acids is 1. The van der Waals surface area contributed by atoms with Crippen LogP contribution in [0.2, 0.25) is 0 Å². The van der Waals surface area contributed by atoms with E-state index in [-0.39, 0.29) is 12.8 Å². The summed E-state index contributed by atoms with van der Waals surface area (Å²) in [6.45, 7) is 0. The van der Waals surface area contributed by atoms with E-state index in [9.17, 15) is 14.4 Å². The van der Waals surface area contributed by atoms with Crippen LogP contribution in [-0.4, -0.2) is 36.1 Å². The van der Waals surface area contributed by atoms with Crippen LogP contribution in [-0.2, 0) is 25.5 Å². The SMILES string of the molecule is COC(=O)C(Cc1ccccc1)NC(=O)CCC(=O)O. The van der Waals surface area contributed by atoms with Crippen molar-refractivity contribution in [3.8, 4) is 0 Å². The van der Waals surface area contributed by atoms with Crippen LogP contribution in [0.1, 0.15) is 18.4 Å². The van der Waals surface area contributed by atoms with Gasteiger partial charge >= 0.3 is 11.9 Å². The van der Waals surface area contributed by atoms with E-state index in [4.69, 9.17) is 5.11 Å². The maximum absolute atomic E-state index is 11.6. The molecule has 0 heterocycles. The van der Waals surface area contributed by atoms with Crippen molar-refractivity contribution >= 4 is 17.8 Å². The van der Waals surface area contributed by atoms with E-state index >= 15 is 0 Å². The minimum atomic E-state index is -1.06. The molecule has 0 aliphatic carbocycles. The van der Waals surface area contributed by atoms with Gasteiger partial charge in [0.1, 0.15) is 6.04 Å². The fourth-order valence-electron chi connectivity index (χ4n) is 1.67. The lowest BCUT2D eigenvalue weighted by Gasteiger charge is -2.16. The number of rotatable bonds is 7. The average Bonchev–Trinajstić information content (AvgIpc) is 2.44. The number of ether oxygens (including phenoxy) is 1. The molecule has 0 aromatic heterocycles. The molecule has 20 heavy (non-hydrogen) atoms. The van der Waals surface area contributed by atoms with Crippen molar-refractivity contribution in [2.45, 2.75) is 25.3 Å². The van der Waals surface area contributed by atoms with Gasteiger partial charge in [0, 0.05) is 12.8 Å². The number of carboxylic acid groups (broad SMARTS) is 1. The summed E-state index contributed by atoms with van der Waals surface area (Å²) in [6.07, 6.45) is -0.144. The molecule has 0 saturated heterocycles. The number of hydrogen-bond donors (Lipinski definition) is 2. The molecule has 2 N–H and O–H groups in total. The highest BCUT2D eigenvalue weighted by molar-refractivity contribution is 5.86. The number of methoxy groups -OCH3 is 1. The summed E-state index contributed by atoms with van der Waals surface area (Å²) >= 11 is 0. The number of nitrogens with one attached hydrogen (secondary N) is 1. The van der Waals surface area contributed by atoms with Gasteiger partial charge in [-0.25, -0.2) is 4.79 Å². The van der Waals surface area contributed by atoms with Gasteiger partial charge in [-0.3, -0.25) is 9.59 Å². The van der Waals surface area contributed by atoms with Gasteiger partial charge in [-0.15, -0.1) is 0 Å². The Kier molecular flexibility index (Phi) is 6.22. The van der Waals surface area contributed by atoms with Crippen molar-refractivity contribution in [2.75, 3.05) is 7.11 Å². The molecule has 0 aliphatic heterocycles. The predicted octanol–water partition coefficient (Wildman–Crippen LogP) is 0.752. The van der Waals surface area contributed by atoms with E-state index in [1.54, 1.807) is 0 Å². The van der Waals surface area contributed by atoms with Gasteiger partial charge < -0.3 is 15.2 Å². The molecule has 1 aromatic rings. The number of esters is 1. The second kappa shape index (κ2) is 7.93. The second-order valence-electron chi connectivity index (χ2n) is 4.23. The van der Waals surface area contributed by atoms with Crippen LogP contribution in [0.5, 0.6) is 0 Å². The van der Waals surface area contributed by atoms with Gasteiger partial charge in [-0.1, -0.05) is 30.3 Å². The van der Waals surface area contributed by atoms with Crippen LogP contribution in [0.15, 0.2) is 30.3 Å². The molecule has 0 fully saturated rings. The fraction of sp³-hybridized carbons (Fsp3) is 0.357. The second-order valence-corrected chi connectivity index (χ2v) is 4.23. The minimum Gasteiger partial charge on any atom is -0.481 e. The minimum absolute atomic E-state index is 0.169. The Morgan fingerprint density at radius 1 is 1.20 bits per heavy atom. The molecule has 0 aliphatic rings. The molecule has 1 aromatic carbocycles. The summed E-state index contributed by atoms with van der Waals surface area (Å²) in [5, 5.41) is 11.0. The summed E-state index contributed by atoms with van der Waals surface area (Å²) in [5.41, 5.74) is 0.876. The van der Waals surface area contributed by atoms with Gasteiger partial charge in [0.2, 0.25) is 5.91 Å². The average molecular weight is 279 g/mol. The topological polar surface area (TPSA) is 92.7 Å². The third-order valence-corrected chi connectivity index (χ3v) is 2.67. The van der Waals surface area contributed by atoms with Gasteiger partial charge in [0.15, 0.2) is 0 Å². The van der Waals surface area contributed by atoms with E-state index in [0.717, 1.165) is 5.56 Å². The fourth-order valence-corrected chi connectivity index (χ4v) is 1.67. The van der Waals surface area contributed by atoms with Gasteiger partial charge in [-0.05, 0) is 5.56 Å². The molecule has 6 nitrogen and oxygen atoms in total. The van der Waals surface area contributed by atoms with Crippen LogP contribution in [0.3, 0.4) is 0 Å². The van der Waals surface area contributed by atoms with Gasteiger partial charge in [0.25, 0.3) is 0 Å². The standard InChI is InChI=1S/C14H17NO5/c1-20-14(19)11(9-10-5-3-2-4-6-10)15-12(16)7-8-13(17)18/h2-6,11H,7-9H2,1H3,(H,15,16)(H,17,18). The van der Waals surface area contributed by atoms with Crippen LogP contribution < -0.4 is 5.32 Å². The molecule has 1 rings (SSSR count). The van der Waals surface area contributed by atoms with Crippen LogP contribution in [0.25, 0.3) is 0 Å². The lowest BCUT2D eigenvalue weighted by Crippen LogP contribution is -2.43. The van der Waals surface area contributed by atoms with E-state index in [2.05, 4.69) is 10.1 Å². The lowest BCUT2D eigenvalue weighted by atomic mass is 10.1. The third-order valence-electron chi connectivity index (χ3n) is 2.67. The smallest absolute Gasteiger partial charge is 0.328 e. The zero-order valence-corrected chi connectivity index (χ0v) is 11.2. The largest absolute Gasteiger partial charge is 0.481 e. The summed E-state index contributed by atoms with van der Waals surface area (Å²) in [7, 11) is 1.24. The Hall–Kier alpha value is -2.37.